The van der Waals surface area contributed by atoms with Crippen LogP contribution in [0.15, 0.2) is 48.5 Å². The van der Waals surface area contributed by atoms with Gasteiger partial charge in [0.05, 0.1) is 25.9 Å². The molecule has 2 atom stereocenters. The van der Waals surface area contributed by atoms with Gasteiger partial charge in [-0.1, -0.05) is 81.8 Å². The fourth-order valence-corrected chi connectivity index (χ4v) is 4.15. The van der Waals surface area contributed by atoms with Crippen LogP contribution in [0, 0.1) is 0 Å². The third-order valence-electron chi connectivity index (χ3n) is 6.19. The van der Waals surface area contributed by atoms with Crippen molar-refractivity contribution in [2.45, 2.75) is 83.1 Å². The van der Waals surface area contributed by atoms with Gasteiger partial charge in [0, 0.05) is 6.42 Å². The summed E-state index contributed by atoms with van der Waals surface area (Å²) in [5.74, 6) is 0.575. The Morgan fingerprint density at radius 3 is 2.06 bits per heavy atom. The zero-order chi connectivity index (χ0) is 24.2. The monoisotopic (exact) mass is 478 g/mol. The first-order valence-corrected chi connectivity index (χ1v) is 12.6. The molecule has 0 unspecified atom stereocenters. The van der Waals surface area contributed by atoms with E-state index in [1.807, 2.05) is 12.1 Å². The second-order valence-corrected chi connectivity index (χ2v) is 9.05. The first-order valence-electron chi connectivity index (χ1n) is 12.6. The Balaban J connectivity index is 1.39. The molecule has 0 bridgehead atoms. The highest BCUT2D eigenvalue weighted by atomic mass is 19.4. The molecule has 2 aromatic carbocycles. The van der Waals surface area contributed by atoms with E-state index < -0.39 is 12.6 Å². The molecule has 0 aromatic heterocycles. The number of ether oxygens (including phenoxy) is 3. The van der Waals surface area contributed by atoms with E-state index >= 15 is 0 Å². The molecule has 3 rings (SSSR count). The first kappa shape index (κ1) is 26.6. The van der Waals surface area contributed by atoms with Gasteiger partial charge in [-0.2, -0.15) is 13.2 Å². The molecule has 0 saturated carbocycles. The van der Waals surface area contributed by atoms with Crippen molar-refractivity contribution in [3.05, 3.63) is 54.1 Å². The minimum absolute atomic E-state index is 0.0395. The van der Waals surface area contributed by atoms with E-state index in [2.05, 4.69) is 31.2 Å². The van der Waals surface area contributed by atoms with Crippen molar-refractivity contribution < 1.29 is 27.4 Å². The van der Waals surface area contributed by atoms with Crippen molar-refractivity contribution >= 4 is 0 Å². The van der Waals surface area contributed by atoms with Crippen LogP contribution in [0.25, 0.3) is 11.1 Å². The van der Waals surface area contributed by atoms with Crippen molar-refractivity contribution in [3.63, 3.8) is 0 Å². The Bertz CT molecular complexity index is 810. The molecule has 0 aliphatic carbocycles. The predicted octanol–water partition coefficient (Wildman–Crippen LogP) is 8.28. The normalized spacial score (nSPS) is 18.7. The molecule has 1 heterocycles. The van der Waals surface area contributed by atoms with E-state index in [-0.39, 0.29) is 25.2 Å². The van der Waals surface area contributed by atoms with E-state index in [4.69, 9.17) is 14.2 Å². The fraction of sp³-hybridized carbons (Fsp3) is 0.571. The number of rotatable bonds is 13. The number of hydrogen-bond donors (Lipinski definition) is 0. The van der Waals surface area contributed by atoms with Crippen LogP contribution in [0.3, 0.4) is 0 Å². The molecule has 1 saturated heterocycles. The van der Waals surface area contributed by atoms with Gasteiger partial charge in [0.15, 0.2) is 0 Å². The molecule has 34 heavy (non-hydrogen) atoms. The van der Waals surface area contributed by atoms with Gasteiger partial charge >= 0.3 is 6.18 Å². The number of halogens is 3. The Morgan fingerprint density at radius 2 is 1.44 bits per heavy atom. The molecule has 0 spiro atoms. The third-order valence-corrected chi connectivity index (χ3v) is 6.19. The molecule has 0 amide bonds. The maximum absolute atomic E-state index is 12.2. The predicted molar refractivity (Wildman–Crippen MR) is 129 cm³/mol. The average Bonchev–Trinajstić information content (AvgIpc) is 2.84. The molecule has 0 radical (unpaired) electrons. The van der Waals surface area contributed by atoms with E-state index in [9.17, 15) is 13.2 Å². The van der Waals surface area contributed by atoms with Gasteiger partial charge < -0.3 is 14.2 Å². The van der Waals surface area contributed by atoms with Crippen LogP contribution in [-0.4, -0.2) is 32.1 Å². The zero-order valence-electron chi connectivity index (χ0n) is 20.1. The maximum Gasteiger partial charge on any atom is 0.389 e. The minimum Gasteiger partial charge on any atom is -0.494 e. The highest BCUT2D eigenvalue weighted by Crippen LogP contribution is 2.28. The van der Waals surface area contributed by atoms with Crippen molar-refractivity contribution in [1.82, 2.24) is 0 Å². The molecular weight excluding hydrogens is 441 g/mol. The summed E-state index contributed by atoms with van der Waals surface area (Å²) in [4.78, 5) is 0. The van der Waals surface area contributed by atoms with Crippen molar-refractivity contribution in [3.8, 4) is 16.9 Å². The fourth-order valence-electron chi connectivity index (χ4n) is 4.15. The minimum atomic E-state index is -4.14. The number of unbranched alkanes of at least 4 members (excludes halogenated alkanes) is 5. The lowest BCUT2D eigenvalue weighted by Gasteiger charge is -2.30. The van der Waals surface area contributed by atoms with Gasteiger partial charge in [-0.25, -0.2) is 0 Å². The molecule has 1 fully saturated rings. The van der Waals surface area contributed by atoms with E-state index in [0.717, 1.165) is 23.1 Å². The Labute approximate surface area is 201 Å². The van der Waals surface area contributed by atoms with Crippen LogP contribution >= 0.6 is 0 Å². The Morgan fingerprint density at radius 1 is 0.794 bits per heavy atom. The van der Waals surface area contributed by atoms with Crippen molar-refractivity contribution in [2.75, 3.05) is 19.8 Å². The summed E-state index contributed by atoms with van der Waals surface area (Å²) >= 11 is 0. The lowest BCUT2D eigenvalue weighted by Crippen LogP contribution is -2.31. The SMILES string of the molecule is CCCCCCCC[C@@H]1CO[C@@H](c2ccc(-c3ccc(OCCCC(F)(F)F)cc3)cc2)CO1. The van der Waals surface area contributed by atoms with Gasteiger partial charge in [-0.15, -0.1) is 0 Å². The number of benzene rings is 2. The summed E-state index contributed by atoms with van der Waals surface area (Å²) < 4.78 is 54.2. The Hall–Kier alpha value is -2.05. The molecule has 188 valence electrons. The standard InChI is InChI=1S/C28H37F3O3/c1-2-3-4-5-6-7-9-26-20-34-27(21-33-26)24-12-10-22(11-13-24)23-14-16-25(17-15-23)32-19-8-18-28(29,30)31/h10-17,26-27H,2-9,18-21H2,1H3/t26-,27-/m1/s1. The highest BCUT2D eigenvalue weighted by molar-refractivity contribution is 5.64. The number of alkyl halides is 3. The zero-order valence-corrected chi connectivity index (χ0v) is 20.1. The second-order valence-electron chi connectivity index (χ2n) is 9.05. The molecule has 1 aliphatic heterocycles. The van der Waals surface area contributed by atoms with Crippen LogP contribution in [0.1, 0.15) is 76.4 Å². The summed E-state index contributed by atoms with van der Waals surface area (Å²) in [5, 5.41) is 0. The van der Waals surface area contributed by atoms with Crippen molar-refractivity contribution in [1.29, 1.82) is 0 Å². The van der Waals surface area contributed by atoms with Crippen LogP contribution in [-0.2, 0) is 9.47 Å². The van der Waals surface area contributed by atoms with Gasteiger partial charge in [-0.05, 0) is 41.7 Å². The Kier molecular flexibility index (Phi) is 10.7. The summed E-state index contributed by atoms with van der Waals surface area (Å²) in [7, 11) is 0. The van der Waals surface area contributed by atoms with Crippen molar-refractivity contribution in [2.24, 2.45) is 0 Å². The third kappa shape index (κ3) is 9.30. The largest absolute Gasteiger partial charge is 0.494 e. The van der Waals surface area contributed by atoms with E-state index in [1.54, 1.807) is 12.1 Å². The van der Waals surface area contributed by atoms with Crippen LogP contribution in [0.4, 0.5) is 13.2 Å². The highest BCUT2D eigenvalue weighted by Gasteiger charge is 2.26. The summed E-state index contributed by atoms with van der Waals surface area (Å²) in [6, 6.07) is 15.7. The lowest BCUT2D eigenvalue weighted by atomic mass is 10.0. The van der Waals surface area contributed by atoms with Gasteiger partial charge in [-0.3, -0.25) is 0 Å². The smallest absolute Gasteiger partial charge is 0.389 e. The quantitative estimate of drug-likeness (QED) is 0.271. The molecule has 3 nitrogen and oxygen atoms in total. The van der Waals surface area contributed by atoms with Gasteiger partial charge in [0.2, 0.25) is 0 Å². The lowest BCUT2D eigenvalue weighted by molar-refractivity contribution is -0.137. The second kappa shape index (κ2) is 13.7. The summed E-state index contributed by atoms with van der Waals surface area (Å²) in [5.41, 5.74) is 3.19. The molecule has 1 aliphatic rings. The van der Waals surface area contributed by atoms with Crippen LogP contribution in [0.2, 0.25) is 0 Å². The summed E-state index contributed by atoms with van der Waals surface area (Å²) in [6.07, 6.45) is 3.96. The molecule has 6 heteroatoms. The van der Waals surface area contributed by atoms with Gasteiger partial charge in [0.25, 0.3) is 0 Å². The molecular formula is C28H37F3O3. The van der Waals surface area contributed by atoms with Crippen LogP contribution in [0.5, 0.6) is 5.75 Å². The number of hydrogen-bond acceptors (Lipinski definition) is 3. The topological polar surface area (TPSA) is 27.7 Å². The van der Waals surface area contributed by atoms with Crippen LogP contribution < -0.4 is 4.74 Å². The van der Waals surface area contributed by atoms with E-state index in [1.165, 1.54) is 38.5 Å². The van der Waals surface area contributed by atoms with Gasteiger partial charge in [0.1, 0.15) is 11.9 Å². The molecule has 2 aromatic rings. The average molecular weight is 479 g/mol. The first-order chi connectivity index (χ1) is 16.4. The van der Waals surface area contributed by atoms with E-state index in [0.29, 0.717) is 19.0 Å². The molecule has 0 N–H and O–H groups in total. The maximum atomic E-state index is 12.2. The summed E-state index contributed by atoms with van der Waals surface area (Å²) in [6.45, 7) is 3.52.